The maximum absolute atomic E-state index is 13.1. The Bertz CT molecular complexity index is 1440. The molecule has 3 aromatic rings. The summed E-state index contributed by atoms with van der Waals surface area (Å²) in [6.45, 7) is 3.14. The molecule has 1 saturated carbocycles. The summed E-state index contributed by atoms with van der Waals surface area (Å²) < 4.78 is 28.2. The normalized spacial score (nSPS) is 19.5. The number of fused-ring (bicyclic) bond motifs is 4. The van der Waals surface area contributed by atoms with Crippen molar-refractivity contribution in [3.8, 4) is 0 Å². The van der Waals surface area contributed by atoms with Crippen molar-refractivity contribution < 1.29 is 18.0 Å². The van der Waals surface area contributed by atoms with Crippen LogP contribution in [0.2, 0.25) is 0 Å². The van der Waals surface area contributed by atoms with Crippen LogP contribution in [0.3, 0.4) is 0 Å². The number of carbonyl (C=O) groups excluding carboxylic acids is 2. The van der Waals surface area contributed by atoms with Gasteiger partial charge >= 0.3 is 0 Å². The highest BCUT2D eigenvalue weighted by Gasteiger charge is 2.40. The number of imidazole rings is 1. The third-order valence-corrected chi connectivity index (χ3v) is 8.81. The summed E-state index contributed by atoms with van der Waals surface area (Å²) in [5, 5.41) is 0. The van der Waals surface area contributed by atoms with Gasteiger partial charge in [0.2, 0.25) is 17.8 Å². The second kappa shape index (κ2) is 7.66. The van der Waals surface area contributed by atoms with Gasteiger partial charge in [-0.05, 0) is 62.1 Å². The summed E-state index contributed by atoms with van der Waals surface area (Å²) in [5.74, 6) is 0.330. The predicted octanol–water partition coefficient (Wildman–Crippen LogP) is 2.93. The molecule has 0 spiro atoms. The fourth-order valence-corrected chi connectivity index (χ4v) is 6.44. The predicted molar refractivity (Wildman–Crippen MR) is 129 cm³/mol. The average Bonchev–Trinajstić information content (AvgIpc) is 3.37. The van der Waals surface area contributed by atoms with Gasteiger partial charge in [-0.15, -0.1) is 0 Å². The lowest BCUT2D eigenvalue weighted by Crippen LogP contribution is -2.36. The van der Waals surface area contributed by atoms with Crippen molar-refractivity contribution in [2.24, 2.45) is 5.92 Å². The Labute approximate surface area is 198 Å². The highest BCUT2D eigenvalue weighted by atomic mass is 32.2. The standard InChI is InChI=1S/C25H26N4O4S/c1-16-14-18-15-19(8-9-21(18)29(16)24(31)17-6-7-17)34(32,33)13-10-23(30)28-12-11-27-22-5-3-2-4-20(22)26-25(27)28/h2-5,8-9,15-17H,6-7,10-14H2,1H3/t16-/m1/s1. The van der Waals surface area contributed by atoms with Gasteiger partial charge in [0, 0.05) is 37.2 Å². The van der Waals surface area contributed by atoms with Crippen molar-refractivity contribution in [1.29, 1.82) is 0 Å². The van der Waals surface area contributed by atoms with Crippen LogP contribution in [0.15, 0.2) is 47.4 Å². The van der Waals surface area contributed by atoms with Gasteiger partial charge in [-0.3, -0.25) is 14.5 Å². The smallest absolute Gasteiger partial charge is 0.230 e. The van der Waals surface area contributed by atoms with E-state index in [9.17, 15) is 18.0 Å². The summed E-state index contributed by atoms with van der Waals surface area (Å²) in [6, 6.07) is 12.7. The molecule has 176 valence electrons. The second-order valence-corrected chi connectivity index (χ2v) is 11.6. The van der Waals surface area contributed by atoms with E-state index in [4.69, 9.17) is 0 Å². The molecular formula is C25H26N4O4S. The zero-order chi connectivity index (χ0) is 23.6. The van der Waals surface area contributed by atoms with E-state index in [0.717, 1.165) is 35.1 Å². The van der Waals surface area contributed by atoms with Gasteiger partial charge in [0.1, 0.15) is 0 Å². The van der Waals surface area contributed by atoms with Crippen molar-refractivity contribution >= 4 is 44.3 Å². The van der Waals surface area contributed by atoms with Crippen molar-refractivity contribution in [3.63, 3.8) is 0 Å². The number of para-hydroxylation sites is 2. The summed E-state index contributed by atoms with van der Waals surface area (Å²) in [4.78, 5) is 33.8. The molecular weight excluding hydrogens is 452 g/mol. The number of carbonyl (C=O) groups is 2. The molecule has 2 amide bonds. The number of aromatic nitrogens is 2. The molecule has 0 unspecified atom stereocenters. The van der Waals surface area contributed by atoms with E-state index in [1.807, 2.05) is 40.7 Å². The Kier molecular flexibility index (Phi) is 4.81. The van der Waals surface area contributed by atoms with Gasteiger partial charge in [0.25, 0.3) is 0 Å². The first-order chi connectivity index (χ1) is 16.3. The van der Waals surface area contributed by atoms with Crippen LogP contribution in [0.25, 0.3) is 11.0 Å². The molecule has 8 nitrogen and oxygen atoms in total. The number of hydrogen-bond donors (Lipinski definition) is 0. The monoisotopic (exact) mass is 478 g/mol. The molecule has 1 aliphatic carbocycles. The molecule has 0 bridgehead atoms. The molecule has 34 heavy (non-hydrogen) atoms. The minimum Gasteiger partial charge on any atom is -0.309 e. The fourth-order valence-electron chi connectivity index (χ4n) is 5.16. The van der Waals surface area contributed by atoms with E-state index in [1.165, 1.54) is 0 Å². The molecule has 0 radical (unpaired) electrons. The summed E-state index contributed by atoms with van der Waals surface area (Å²) in [6.07, 6.45) is 2.40. The van der Waals surface area contributed by atoms with Gasteiger partial charge < -0.3 is 9.47 Å². The summed E-state index contributed by atoms with van der Waals surface area (Å²) in [5.41, 5.74) is 3.49. The minimum atomic E-state index is -3.65. The van der Waals surface area contributed by atoms with Gasteiger partial charge in [-0.1, -0.05) is 12.1 Å². The van der Waals surface area contributed by atoms with Crippen LogP contribution < -0.4 is 9.80 Å². The Morgan fingerprint density at radius 2 is 1.88 bits per heavy atom. The molecule has 9 heteroatoms. The first-order valence-corrected chi connectivity index (χ1v) is 13.4. The first-order valence-electron chi connectivity index (χ1n) is 11.8. The molecule has 6 rings (SSSR count). The lowest BCUT2D eigenvalue weighted by Gasteiger charge is -2.22. The van der Waals surface area contributed by atoms with Crippen LogP contribution in [0, 0.1) is 5.92 Å². The maximum Gasteiger partial charge on any atom is 0.230 e. The number of hydrogen-bond acceptors (Lipinski definition) is 5. The highest BCUT2D eigenvalue weighted by Crippen LogP contribution is 2.39. The van der Waals surface area contributed by atoms with E-state index in [1.54, 1.807) is 23.1 Å². The SMILES string of the molecule is C[C@@H]1Cc2cc(S(=O)(=O)CCC(=O)N3CCn4c3nc3ccccc34)ccc2N1C(=O)C1CC1. The number of nitrogens with zero attached hydrogens (tertiary/aromatic N) is 4. The lowest BCUT2D eigenvalue weighted by atomic mass is 10.1. The zero-order valence-electron chi connectivity index (χ0n) is 19.0. The van der Waals surface area contributed by atoms with E-state index in [-0.39, 0.29) is 40.8 Å². The van der Waals surface area contributed by atoms with E-state index < -0.39 is 9.84 Å². The van der Waals surface area contributed by atoms with Crippen molar-refractivity contribution in [3.05, 3.63) is 48.0 Å². The summed E-state index contributed by atoms with van der Waals surface area (Å²) >= 11 is 0. The van der Waals surface area contributed by atoms with Gasteiger partial charge in [-0.25, -0.2) is 13.4 Å². The quantitative estimate of drug-likeness (QED) is 0.562. The van der Waals surface area contributed by atoms with Crippen molar-refractivity contribution in [1.82, 2.24) is 9.55 Å². The van der Waals surface area contributed by atoms with Crippen LogP contribution in [0.5, 0.6) is 0 Å². The maximum atomic E-state index is 13.1. The topological polar surface area (TPSA) is 92.6 Å². The third kappa shape index (κ3) is 3.41. The fraction of sp³-hybridized carbons (Fsp3) is 0.400. The van der Waals surface area contributed by atoms with Gasteiger partial charge in [0.05, 0.1) is 21.7 Å². The van der Waals surface area contributed by atoms with Crippen LogP contribution in [0.4, 0.5) is 11.6 Å². The summed E-state index contributed by atoms with van der Waals surface area (Å²) in [7, 11) is -3.65. The molecule has 2 aliphatic heterocycles. The molecule has 2 aromatic carbocycles. The largest absolute Gasteiger partial charge is 0.309 e. The molecule has 3 heterocycles. The van der Waals surface area contributed by atoms with E-state index in [0.29, 0.717) is 25.5 Å². The van der Waals surface area contributed by atoms with Crippen LogP contribution in [0.1, 0.15) is 31.7 Å². The number of sulfone groups is 1. The minimum absolute atomic E-state index is 0.0250. The molecule has 0 N–H and O–H groups in total. The number of rotatable bonds is 5. The number of benzene rings is 2. The molecule has 0 saturated heterocycles. The van der Waals surface area contributed by atoms with Crippen LogP contribution >= 0.6 is 0 Å². The Balaban J connectivity index is 1.18. The Morgan fingerprint density at radius 1 is 1.09 bits per heavy atom. The van der Waals surface area contributed by atoms with Gasteiger partial charge in [0.15, 0.2) is 9.84 Å². The van der Waals surface area contributed by atoms with E-state index >= 15 is 0 Å². The Hall–Kier alpha value is -3.20. The Morgan fingerprint density at radius 3 is 2.68 bits per heavy atom. The van der Waals surface area contributed by atoms with Crippen molar-refractivity contribution in [2.45, 2.75) is 50.1 Å². The molecule has 1 aromatic heterocycles. The first kappa shape index (κ1) is 21.3. The highest BCUT2D eigenvalue weighted by molar-refractivity contribution is 7.91. The molecule has 1 fully saturated rings. The van der Waals surface area contributed by atoms with Gasteiger partial charge in [-0.2, -0.15) is 0 Å². The number of amides is 2. The third-order valence-electron chi connectivity index (χ3n) is 7.10. The van der Waals surface area contributed by atoms with Crippen LogP contribution in [-0.4, -0.2) is 48.1 Å². The second-order valence-electron chi connectivity index (χ2n) is 9.49. The lowest BCUT2D eigenvalue weighted by molar-refractivity contribution is -0.120. The van der Waals surface area contributed by atoms with Crippen LogP contribution in [-0.2, 0) is 32.4 Å². The van der Waals surface area contributed by atoms with E-state index in [2.05, 4.69) is 4.98 Å². The number of anilines is 2. The average molecular weight is 479 g/mol. The molecule has 3 aliphatic rings. The zero-order valence-corrected chi connectivity index (χ0v) is 19.8. The van der Waals surface area contributed by atoms with Crippen molar-refractivity contribution in [2.75, 3.05) is 22.1 Å². The molecule has 1 atom stereocenters.